The van der Waals surface area contributed by atoms with Crippen molar-refractivity contribution < 1.29 is 0 Å². The molecule has 1 aromatic rings. The van der Waals surface area contributed by atoms with Gasteiger partial charge in [0.05, 0.1) is 0 Å². The van der Waals surface area contributed by atoms with E-state index in [-0.39, 0.29) is 0 Å². The maximum atomic E-state index is 5.81. The summed E-state index contributed by atoms with van der Waals surface area (Å²) in [4.78, 5) is 1.99. The molecular formula is C10H12ClN. The molecule has 0 aromatic heterocycles. The van der Waals surface area contributed by atoms with Crippen LogP contribution in [-0.4, -0.2) is 19.0 Å². The van der Waals surface area contributed by atoms with Crippen LogP contribution in [0.2, 0.25) is 5.02 Å². The molecule has 0 bridgehead atoms. The fourth-order valence-electron chi connectivity index (χ4n) is 0.845. The normalized spacial score (nSPS) is 10.6. The van der Waals surface area contributed by atoms with Crippen molar-refractivity contribution in [1.82, 2.24) is 4.90 Å². The zero-order chi connectivity index (χ0) is 8.97. The highest BCUT2D eigenvalue weighted by molar-refractivity contribution is 6.30. The van der Waals surface area contributed by atoms with Gasteiger partial charge in [0.1, 0.15) is 0 Å². The van der Waals surface area contributed by atoms with Crippen molar-refractivity contribution >= 4 is 17.7 Å². The predicted molar refractivity (Wildman–Crippen MR) is 54.2 cm³/mol. The minimum atomic E-state index is 0.774. The van der Waals surface area contributed by atoms with Crippen LogP contribution in [0, 0.1) is 0 Å². The molecule has 0 aliphatic rings. The lowest BCUT2D eigenvalue weighted by Crippen LogP contribution is -1.99. The van der Waals surface area contributed by atoms with E-state index in [9.17, 15) is 0 Å². The number of hydrogen-bond donors (Lipinski definition) is 0. The third kappa shape index (κ3) is 2.97. The second kappa shape index (κ2) is 4.17. The maximum absolute atomic E-state index is 5.81. The second-order valence-electron chi connectivity index (χ2n) is 2.83. The third-order valence-corrected chi connectivity index (χ3v) is 1.65. The van der Waals surface area contributed by atoms with Gasteiger partial charge in [-0.2, -0.15) is 0 Å². The molecule has 0 aliphatic carbocycles. The largest absolute Gasteiger partial charge is 0.383 e. The van der Waals surface area contributed by atoms with Gasteiger partial charge in [0.2, 0.25) is 0 Å². The molecule has 1 aromatic carbocycles. The van der Waals surface area contributed by atoms with Crippen molar-refractivity contribution in [2.45, 2.75) is 0 Å². The van der Waals surface area contributed by atoms with Crippen LogP contribution in [0.4, 0.5) is 0 Å². The van der Waals surface area contributed by atoms with Crippen molar-refractivity contribution in [1.29, 1.82) is 0 Å². The van der Waals surface area contributed by atoms with Gasteiger partial charge in [-0.1, -0.05) is 23.7 Å². The van der Waals surface area contributed by atoms with Crippen molar-refractivity contribution in [3.8, 4) is 0 Å². The fraction of sp³-hybridized carbons (Fsp3) is 0.200. The second-order valence-corrected chi connectivity index (χ2v) is 3.27. The van der Waals surface area contributed by atoms with Crippen LogP contribution in [0.1, 0.15) is 5.56 Å². The van der Waals surface area contributed by atoms with Crippen LogP contribution in [0.3, 0.4) is 0 Å². The van der Waals surface area contributed by atoms with Crippen LogP contribution in [0.15, 0.2) is 30.5 Å². The zero-order valence-corrected chi connectivity index (χ0v) is 8.05. The molecule has 0 saturated carbocycles. The van der Waals surface area contributed by atoms with Crippen molar-refractivity contribution in [3.05, 3.63) is 41.1 Å². The van der Waals surface area contributed by atoms with E-state index in [4.69, 9.17) is 11.6 Å². The highest BCUT2D eigenvalue weighted by atomic mass is 35.5. The summed E-state index contributed by atoms with van der Waals surface area (Å²) in [6, 6.07) is 7.76. The quantitative estimate of drug-likeness (QED) is 0.678. The molecule has 0 N–H and O–H groups in total. The standard InChI is InChI=1S/C10H12ClN/c1-12(2)7-6-9-4-3-5-10(11)8-9/h3-8H,1-2H3/b7-6+. The average molecular weight is 182 g/mol. The lowest BCUT2D eigenvalue weighted by atomic mass is 10.2. The minimum Gasteiger partial charge on any atom is -0.383 e. The van der Waals surface area contributed by atoms with Gasteiger partial charge in [0, 0.05) is 19.1 Å². The Morgan fingerprint density at radius 3 is 2.67 bits per heavy atom. The zero-order valence-electron chi connectivity index (χ0n) is 7.29. The molecular weight excluding hydrogens is 170 g/mol. The molecule has 0 amide bonds. The molecule has 1 rings (SSSR count). The molecule has 2 heteroatoms. The van der Waals surface area contributed by atoms with E-state index >= 15 is 0 Å². The number of halogens is 1. The number of hydrogen-bond acceptors (Lipinski definition) is 1. The third-order valence-electron chi connectivity index (χ3n) is 1.41. The minimum absolute atomic E-state index is 0.774. The summed E-state index contributed by atoms with van der Waals surface area (Å²) in [6.07, 6.45) is 4.01. The first-order chi connectivity index (χ1) is 5.68. The molecule has 0 atom stereocenters. The van der Waals surface area contributed by atoms with Gasteiger partial charge in [0.25, 0.3) is 0 Å². The smallest absolute Gasteiger partial charge is 0.0411 e. The summed E-state index contributed by atoms with van der Waals surface area (Å²) in [7, 11) is 3.97. The molecule has 0 unspecified atom stereocenters. The highest BCUT2D eigenvalue weighted by Gasteiger charge is 1.87. The van der Waals surface area contributed by atoms with Gasteiger partial charge in [0.15, 0.2) is 0 Å². The molecule has 12 heavy (non-hydrogen) atoms. The van der Waals surface area contributed by atoms with Gasteiger partial charge in [-0.05, 0) is 30.0 Å². The Morgan fingerprint density at radius 2 is 2.08 bits per heavy atom. The molecule has 0 fully saturated rings. The summed E-state index contributed by atoms with van der Waals surface area (Å²) in [5.74, 6) is 0. The average Bonchev–Trinajstić information content (AvgIpc) is 2.01. The van der Waals surface area contributed by atoms with Crippen LogP contribution in [0.5, 0.6) is 0 Å². The van der Waals surface area contributed by atoms with Gasteiger partial charge in [-0.25, -0.2) is 0 Å². The van der Waals surface area contributed by atoms with Crippen molar-refractivity contribution in [2.24, 2.45) is 0 Å². The predicted octanol–water partition coefficient (Wildman–Crippen LogP) is 2.87. The lowest BCUT2D eigenvalue weighted by molar-refractivity contribution is 0.567. The number of rotatable bonds is 2. The summed E-state index contributed by atoms with van der Waals surface area (Å²) >= 11 is 5.81. The molecule has 64 valence electrons. The Kier molecular flexibility index (Phi) is 3.18. The summed E-state index contributed by atoms with van der Waals surface area (Å²) in [6.45, 7) is 0. The van der Waals surface area contributed by atoms with E-state index in [1.54, 1.807) is 0 Å². The van der Waals surface area contributed by atoms with E-state index in [1.807, 2.05) is 55.5 Å². The van der Waals surface area contributed by atoms with Crippen LogP contribution in [-0.2, 0) is 0 Å². The number of benzene rings is 1. The molecule has 0 aliphatic heterocycles. The Hall–Kier alpha value is -0.950. The van der Waals surface area contributed by atoms with E-state index in [1.165, 1.54) is 0 Å². The summed E-state index contributed by atoms with van der Waals surface area (Å²) < 4.78 is 0. The Balaban J connectivity index is 2.76. The van der Waals surface area contributed by atoms with Crippen LogP contribution < -0.4 is 0 Å². The first kappa shape index (κ1) is 9.14. The molecule has 0 saturated heterocycles. The first-order valence-electron chi connectivity index (χ1n) is 3.78. The Morgan fingerprint density at radius 1 is 1.33 bits per heavy atom. The van der Waals surface area contributed by atoms with Crippen molar-refractivity contribution in [3.63, 3.8) is 0 Å². The number of nitrogens with zero attached hydrogens (tertiary/aromatic N) is 1. The fourth-order valence-corrected chi connectivity index (χ4v) is 1.04. The first-order valence-corrected chi connectivity index (χ1v) is 4.16. The van der Waals surface area contributed by atoms with E-state index in [2.05, 4.69) is 0 Å². The molecule has 0 spiro atoms. The van der Waals surface area contributed by atoms with Crippen molar-refractivity contribution in [2.75, 3.05) is 14.1 Å². The Labute approximate surface area is 78.3 Å². The topological polar surface area (TPSA) is 3.24 Å². The maximum Gasteiger partial charge on any atom is 0.0411 e. The summed E-state index contributed by atoms with van der Waals surface area (Å²) in [5, 5.41) is 0.774. The van der Waals surface area contributed by atoms with E-state index in [0.717, 1.165) is 10.6 Å². The van der Waals surface area contributed by atoms with E-state index < -0.39 is 0 Å². The van der Waals surface area contributed by atoms with Gasteiger partial charge in [-0.3, -0.25) is 0 Å². The molecule has 0 heterocycles. The summed E-state index contributed by atoms with van der Waals surface area (Å²) in [5.41, 5.74) is 1.12. The van der Waals surface area contributed by atoms with Gasteiger partial charge >= 0.3 is 0 Å². The van der Waals surface area contributed by atoms with Gasteiger partial charge < -0.3 is 4.90 Å². The van der Waals surface area contributed by atoms with Gasteiger partial charge in [-0.15, -0.1) is 0 Å². The van der Waals surface area contributed by atoms with Crippen LogP contribution >= 0.6 is 11.6 Å². The Bertz CT molecular complexity index is 279. The highest BCUT2D eigenvalue weighted by Crippen LogP contribution is 2.11. The monoisotopic (exact) mass is 181 g/mol. The lowest BCUT2D eigenvalue weighted by Gasteiger charge is -2.02. The SMILES string of the molecule is CN(C)/C=C/c1cccc(Cl)c1. The van der Waals surface area contributed by atoms with E-state index in [0.29, 0.717) is 0 Å². The van der Waals surface area contributed by atoms with Crippen LogP contribution in [0.25, 0.3) is 6.08 Å². The molecule has 1 nitrogen and oxygen atoms in total. The molecule has 0 radical (unpaired) electrons.